The molecule has 2 rings (SSSR count). The first-order valence-electron chi connectivity index (χ1n) is 6.17. The molecule has 0 radical (unpaired) electrons. The van der Waals surface area contributed by atoms with E-state index in [4.69, 9.17) is 9.47 Å². The second-order valence-electron chi connectivity index (χ2n) is 4.33. The van der Waals surface area contributed by atoms with Gasteiger partial charge in [-0.25, -0.2) is 0 Å². The number of carbonyl (C=O) groups is 1. The van der Waals surface area contributed by atoms with Crippen molar-refractivity contribution in [2.45, 2.75) is 24.6 Å². The highest BCUT2D eigenvalue weighted by atomic mass is 32.2. The molecule has 0 bridgehead atoms. The molecule has 0 amide bonds. The lowest BCUT2D eigenvalue weighted by molar-refractivity contribution is 0.112. The number of ether oxygens (including phenoxy) is 2. The topological polar surface area (TPSA) is 47.9 Å². The summed E-state index contributed by atoms with van der Waals surface area (Å²) in [5.74, 6) is 1.26. The highest BCUT2D eigenvalue weighted by Crippen LogP contribution is 2.29. The molecule has 0 fully saturated rings. The normalized spacial score (nSPS) is 21.4. The van der Waals surface area contributed by atoms with Crippen molar-refractivity contribution in [2.75, 3.05) is 13.7 Å². The summed E-state index contributed by atoms with van der Waals surface area (Å²) in [5, 5.41) is 0.486. The SMILES string of the molecule is COc1cc(C=O)ccc1OCCC1SC=NC1C. The molecule has 0 aromatic heterocycles. The number of benzene rings is 1. The average molecular weight is 279 g/mol. The van der Waals surface area contributed by atoms with Gasteiger partial charge in [0.15, 0.2) is 11.5 Å². The van der Waals surface area contributed by atoms with Crippen molar-refractivity contribution in [1.29, 1.82) is 0 Å². The number of rotatable bonds is 6. The molecule has 0 saturated carbocycles. The van der Waals surface area contributed by atoms with Gasteiger partial charge in [0, 0.05) is 10.8 Å². The maximum absolute atomic E-state index is 10.7. The van der Waals surface area contributed by atoms with Crippen molar-refractivity contribution in [1.82, 2.24) is 0 Å². The van der Waals surface area contributed by atoms with Crippen LogP contribution in [0.2, 0.25) is 0 Å². The Morgan fingerprint density at radius 2 is 2.26 bits per heavy atom. The third kappa shape index (κ3) is 3.50. The average Bonchev–Trinajstić information content (AvgIpc) is 2.84. The number of carbonyl (C=O) groups excluding carboxylic acids is 1. The lowest BCUT2D eigenvalue weighted by atomic mass is 10.2. The molecule has 2 atom stereocenters. The first-order valence-corrected chi connectivity index (χ1v) is 7.12. The van der Waals surface area contributed by atoms with Crippen LogP contribution in [0.3, 0.4) is 0 Å². The summed E-state index contributed by atoms with van der Waals surface area (Å²) in [6.45, 7) is 2.72. The summed E-state index contributed by atoms with van der Waals surface area (Å²) in [6.07, 6.45) is 1.73. The Morgan fingerprint density at radius 1 is 1.42 bits per heavy atom. The van der Waals surface area contributed by atoms with E-state index in [0.29, 0.717) is 35.0 Å². The Hall–Kier alpha value is -1.49. The van der Waals surface area contributed by atoms with Crippen LogP contribution in [0, 0.1) is 0 Å². The molecular formula is C14H17NO3S. The van der Waals surface area contributed by atoms with Crippen LogP contribution in [-0.4, -0.2) is 36.8 Å². The summed E-state index contributed by atoms with van der Waals surface area (Å²) in [7, 11) is 1.57. The number of methoxy groups -OCH3 is 1. The Bertz CT molecular complexity index is 476. The Kier molecular flexibility index (Phi) is 4.85. The minimum Gasteiger partial charge on any atom is -0.493 e. The van der Waals surface area contributed by atoms with E-state index < -0.39 is 0 Å². The molecule has 0 spiro atoms. The highest BCUT2D eigenvalue weighted by Gasteiger charge is 2.20. The zero-order valence-corrected chi connectivity index (χ0v) is 11.9. The van der Waals surface area contributed by atoms with Gasteiger partial charge in [-0.2, -0.15) is 0 Å². The fourth-order valence-corrected chi connectivity index (χ4v) is 2.84. The van der Waals surface area contributed by atoms with E-state index in [1.807, 2.05) is 5.55 Å². The zero-order chi connectivity index (χ0) is 13.7. The fraction of sp³-hybridized carbons (Fsp3) is 0.429. The number of nitrogens with zero attached hydrogens (tertiary/aromatic N) is 1. The van der Waals surface area contributed by atoms with E-state index >= 15 is 0 Å². The van der Waals surface area contributed by atoms with E-state index in [1.54, 1.807) is 37.1 Å². The Labute approximate surface area is 117 Å². The maximum Gasteiger partial charge on any atom is 0.161 e. The van der Waals surface area contributed by atoms with Crippen LogP contribution in [0.1, 0.15) is 23.7 Å². The van der Waals surface area contributed by atoms with Crippen molar-refractivity contribution in [2.24, 2.45) is 4.99 Å². The van der Waals surface area contributed by atoms with Crippen molar-refractivity contribution < 1.29 is 14.3 Å². The van der Waals surface area contributed by atoms with Crippen LogP contribution >= 0.6 is 11.8 Å². The van der Waals surface area contributed by atoms with E-state index in [9.17, 15) is 4.79 Å². The van der Waals surface area contributed by atoms with Crippen LogP contribution in [0.15, 0.2) is 23.2 Å². The van der Waals surface area contributed by atoms with Crippen molar-refractivity contribution in [3.8, 4) is 11.5 Å². The summed E-state index contributed by atoms with van der Waals surface area (Å²) in [6, 6.07) is 5.52. The summed E-state index contributed by atoms with van der Waals surface area (Å²) < 4.78 is 10.9. The monoisotopic (exact) mass is 279 g/mol. The summed E-state index contributed by atoms with van der Waals surface area (Å²) >= 11 is 1.75. The van der Waals surface area contributed by atoms with Crippen LogP contribution in [0.4, 0.5) is 0 Å². The van der Waals surface area contributed by atoms with E-state index in [-0.39, 0.29) is 0 Å². The fourth-order valence-electron chi connectivity index (χ4n) is 1.89. The molecule has 2 unspecified atom stereocenters. The van der Waals surface area contributed by atoms with Gasteiger partial charge in [0.05, 0.1) is 25.3 Å². The van der Waals surface area contributed by atoms with Gasteiger partial charge in [0.2, 0.25) is 0 Å². The lowest BCUT2D eigenvalue weighted by Gasteiger charge is -2.15. The summed E-state index contributed by atoms with van der Waals surface area (Å²) in [4.78, 5) is 15.0. The number of aliphatic imine (C=N–C) groups is 1. The number of hydrogen-bond donors (Lipinski definition) is 0. The Morgan fingerprint density at radius 3 is 2.89 bits per heavy atom. The number of aldehydes is 1. The third-order valence-electron chi connectivity index (χ3n) is 3.05. The molecule has 1 aromatic rings. The standard InChI is InChI=1S/C14H17NO3S/c1-10-14(19-9-15-10)5-6-18-12-4-3-11(8-16)7-13(12)17-2/h3-4,7-10,14H,5-6H2,1-2H3. The second kappa shape index (κ2) is 6.61. The molecule has 0 aliphatic carbocycles. The van der Waals surface area contributed by atoms with Crippen molar-refractivity contribution in [3.05, 3.63) is 23.8 Å². The second-order valence-corrected chi connectivity index (χ2v) is 5.42. The van der Waals surface area contributed by atoms with Gasteiger partial charge in [0.25, 0.3) is 0 Å². The lowest BCUT2D eigenvalue weighted by Crippen LogP contribution is -2.17. The molecule has 1 aliphatic rings. The molecule has 19 heavy (non-hydrogen) atoms. The number of hydrogen-bond acceptors (Lipinski definition) is 5. The molecule has 1 aliphatic heterocycles. The maximum atomic E-state index is 10.7. The Balaban J connectivity index is 1.90. The van der Waals surface area contributed by atoms with Gasteiger partial charge in [-0.15, -0.1) is 11.8 Å². The van der Waals surface area contributed by atoms with Crippen LogP contribution < -0.4 is 9.47 Å². The first-order chi connectivity index (χ1) is 9.24. The quantitative estimate of drug-likeness (QED) is 0.751. The molecule has 0 saturated heterocycles. The van der Waals surface area contributed by atoms with E-state index in [1.165, 1.54) is 0 Å². The van der Waals surface area contributed by atoms with Gasteiger partial charge in [-0.3, -0.25) is 9.79 Å². The minimum absolute atomic E-state index is 0.355. The van der Waals surface area contributed by atoms with E-state index in [2.05, 4.69) is 11.9 Å². The molecule has 1 aromatic carbocycles. The molecule has 1 heterocycles. The van der Waals surface area contributed by atoms with Gasteiger partial charge in [-0.05, 0) is 31.5 Å². The largest absolute Gasteiger partial charge is 0.493 e. The van der Waals surface area contributed by atoms with Crippen LogP contribution in [-0.2, 0) is 0 Å². The van der Waals surface area contributed by atoms with Crippen LogP contribution in [0.5, 0.6) is 11.5 Å². The molecule has 0 N–H and O–H groups in total. The summed E-state index contributed by atoms with van der Waals surface area (Å²) in [5.41, 5.74) is 2.49. The van der Waals surface area contributed by atoms with E-state index in [0.717, 1.165) is 12.7 Å². The van der Waals surface area contributed by atoms with Crippen LogP contribution in [0.25, 0.3) is 0 Å². The zero-order valence-electron chi connectivity index (χ0n) is 11.0. The molecule has 5 heteroatoms. The number of thioether (sulfide) groups is 1. The van der Waals surface area contributed by atoms with Crippen molar-refractivity contribution >= 4 is 23.6 Å². The van der Waals surface area contributed by atoms with Gasteiger partial charge >= 0.3 is 0 Å². The molecule has 4 nitrogen and oxygen atoms in total. The predicted octanol–water partition coefficient (Wildman–Crippen LogP) is 2.81. The molecular weight excluding hydrogens is 262 g/mol. The van der Waals surface area contributed by atoms with Gasteiger partial charge in [-0.1, -0.05) is 0 Å². The predicted molar refractivity (Wildman–Crippen MR) is 77.8 cm³/mol. The van der Waals surface area contributed by atoms with Gasteiger partial charge in [0.1, 0.15) is 6.29 Å². The third-order valence-corrected chi connectivity index (χ3v) is 4.28. The van der Waals surface area contributed by atoms with Gasteiger partial charge < -0.3 is 9.47 Å². The van der Waals surface area contributed by atoms with Crippen molar-refractivity contribution in [3.63, 3.8) is 0 Å². The first kappa shape index (κ1) is 13.9. The highest BCUT2D eigenvalue weighted by molar-refractivity contribution is 8.12. The molecule has 102 valence electrons. The minimum atomic E-state index is 0.355. The smallest absolute Gasteiger partial charge is 0.161 e.